The second-order valence-corrected chi connectivity index (χ2v) is 8.07. The van der Waals surface area contributed by atoms with E-state index in [1.165, 1.54) is 22.2 Å². The van der Waals surface area contributed by atoms with E-state index in [0.29, 0.717) is 18.2 Å². The lowest BCUT2D eigenvalue weighted by molar-refractivity contribution is -0.187. The van der Waals surface area contributed by atoms with Gasteiger partial charge in [-0.15, -0.1) is 0 Å². The summed E-state index contributed by atoms with van der Waals surface area (Å²) in [5.41, 5.74) is 1.09. The van der Waals surface area contributed by atoms with Gasteiger partial charge in [0, 0.05) is 25.9 Å². The van der Waals surface area contributed by atoms with E-state index in [2.05, 4.69) is 15.0 Å². The molecule has 0 radical (unpaired) electrons. The minimum absolute atomic E-state index is 0.0989. The van der Waals surface area contributed by atoms with E-state index in [1.54, 1.807) is 7.11 Å². The van der Waals surface area contributed by atoms with Gasteiger partial charge in [0.1, 0.15) is 12.1 Å². The Bertz CT molecular complexity index is 954. The molecule has 1 atom stereocenters. The highest BCUT2D eigenvalue weighted by molar-refractivity contribution is 7.17. The standard InChI is InChI=1S/C19H22N4O4S/c1-25-14-4-2-13(3-5-14)15(16-17(24)23-18(28-16)20-12-21-23)22-8-6-19(7-9-22)26-10-11-27-19/h2-5,12,15,24H,6-11H2,1H3. The number of ether oxygens (including phenoxy) is 3. The molecule has 2 fully saturated rings. The molecule has 148 valence electrons. The normalized spacial score (nSPS) is 20.8. The molecule has 0 aliphatic carbocycles. The fourth-order valence-electron chi connectivity index (χ4n) is 4.10. The van der Waals surface area contributed by atoms with Crippen LogP contribution in [0.4, 0.5) is 0 Å². The van der Waals surface area contributed by atoms with Crippen molar-refractivity contribution < 1.29 is 19.3 Å². The third kappa shape index (κ3) is 2.95. The zero-order valence-corrected chi connectivity index (χ0v) is 16.4. The summed E-state index contributed by atoms with van der Waals surface area (Å²) in [5, 5.41) is 14.9. The average Bonchev–Trinajstić information content (AvgIpc) is 3.44. The van der Waals surface area contributed by atoms with Crippen LogP contribution in [0.15, 0.2) is 30.6 Å². The predicted molar refractivity (Wildman–Crippen MR) is 103 cm³/mol. The number of thiazole rings is 1. The zero-order chi connectivity index (χ0) is 19.1. The molecule has 3 aromatic rings. The van der Waals surface area contributed by atoms with Crippen LogP contribution in [0.2, 0.25) is 0 Å². The zero-order valence-electron chi connectivity index (χ0n) is 15.6. The first-order valence-corrected chi connectivity index (χ1v) is 10.2. The number of hydrogen-bond donors (Lipinski definition) is 1. The van der Waals surface area contributed by atoms with Crippen molar-refractivity contribution in [3.8, 4) is 11.6 Å². The van der Waals surface area contributed by atoms with Gasteiger partial charge in [-0.1, -0.05) is 23.5 Å². The molecule has 1 unspecified atom stereocenters. The van der Waals surface area contributed by atoms with Crippen molar-refractivity contribution in [3.05, 3.63) is 41.0 Å². The summed E-state index contributed by atoms with van der Waals surface area (Å²) in [6.07, 6.45) is 3.07. The van der Waals surface area contributed by atoms with Crippen molar-refractivity contribution in [1.82, 2.24) is 19.5 Å². The molecular formula is C19H22N4O4S. The molecule has 2 aliphatic heterocycles. The third-order valence-corrected chi connectivity index (χ3v) is 6.64. The van der Waals surface area contributed by atoms with Crippen molar-refractivity contribution >= 4 is 16.3 Å². The molecule has 1 N–H and O–H groups in total. The van der Waals surface area contributed by atoms with Crippen LogP contribution >= 0.6 is 11.3 Å². The first-order valence-electron chi connectivity index (χ1n) is 9.36. The number of rotatable bonds is 4. The fraction of sp³-hybridized carbons (Fsp3) is 0.474. The van der Waals surface area contributed by atoms with Crippen molar-refractivity contribution in [2.24, 2.45) is 0 Å². The summed E-state index contributed by atoms with van der Waals surface area (Å²) in [7, 11) is 1.66. The molecule has 28 heavy (non-hydrogen) atoms. The van der Waals surface area contributed by atoms with Gasteiger partial charge in [-0.05, 0) is 17.7 Å². The molecule has 1 spiro atoms. The number of benzene rings is 1. The van der Waals surface area contributed by atoms with Crippen molar-refractivity contribution in [2.75, 3.05) is 33.4 Å². The Balaban J connectivity index is 1.51. The highest BCUT2D eigenvalue weighted by atomic mass is 32.1. The fourth-order valence-corrected chi connectivity index (χ4v) is 5.19. The van der Waals surface area contributed by atoms with E-state index in [0.717, 1.165) is 42.1 Å². The van der Waals surface area contributed by atoms with Crippen LogP contribution in [-0.4, -0.2) is 63.8 Å². The van der Waals surface area contributed by atoms with Crippen LogP contribution in [0.5, 0.6) is 11.6 Å². The van der Waals surface area contributed by atoms with Crippen LogP contribution in [0.25, 0.3) is 4.96 Å². The topological polar surface area (TPSA) is 81.4 Å². The lowest BCUT2D eigenvalue weighted by atomic mass is 9.97. The Morgan fingerprint density at radius 3 is 2.54 bits per heavy atom. The monoisotopic (exact) mass is 402 g/mol. The lowest BCUT2D eigenvalue weighted by Gasteiger charge is -2.41. The maximum absolute atomic E-state index is 10.8. The summed E-state index contributed by atoms with van der Waals surface area (Å²) >= 11 is 1.46. The van der Waals surface area contributed by atoms with Gasteiger partial charge in [0.25, 0.3) is 0 Å². The quantitative estimate of drug-likeness (QED) is 0.718. The van der Waals surface area contributed by atoms with Crippen molar-refractivity contribution in [1.29, 1.82) is 0 Å². The molecule has 1 aromatic carbocycles. The molecule has 4 heterocycles. The minimum Gasteiger partial charge on any atom is -0.497 e. The molecule has 8 nitrogen and oxygen atoms in total. The maximum Gasteiger partial charge on any atom is 0.230 e. The van der Waals surface area contributed by atoms with E-state index in [9.17, 15) is 5.11 Å². The summed E-state index contributed by atoms with van der Waals surface area (Å²) in [6.45, 7) is 2.94. The van der Waals surface area contributed by atoms with Gasteiger partial charge >= 0.3 is 0 Å². The van der Waals surface area contributed by atoms with Crippen LogP contribution in [0.3, 0.4) is 0 Å². The molecule has 2 aliphatic rings. The Morgan fingerprint density at radius 2 is 1.89 bits per heavy atom. The van der Waals surface area contributed by atoms with Crippen molar-refractivity contribution in [3.63, 3.8) is 0 Å². The number of methoxy groups -OCH3 is 1. The smallest absolute Gasteiger partial charge is 0.230 e. The SMILES string of the molecule is COc1ccc(C(c2sc3ncnn3c2O)N2CCC3(CC2)OCCO3)cc1. The number of hydrogen-bond acceptors (Lipinski definition) is 8. The minimum atomic E-state index is -0.436. The summed E-state index contributed by atoms with van der Waals surface area (Å²) in [6, 6.07) is 7.89. The van der Waals surface area contributed by atoms with Crippen LogP contribution in [-0.2, 0) is 9.47 Å². The Hall–Kier alpha value is -2.20. The third-order valence-electron chi connectivity index (χ3n) is 5.56. The number of piperidine rings is 1. The van der Waals surface area contributed by atoms with Gasteiger partial charge in [0.05, 0.1) is 31.2 Å². The number of nitrogens with zero attached hydrogens (tertiary/aromatic N) is 4. The van der Waals surface area contributed by atoms with Gasteiger partial charge in [-0.3, -0.25) is 4.90 Å². The van der Waals surface area contributed by atoms with Crippen LogP contribution in [0.1, 0.15) is 29.3 Å². The average molecular weight is 402 g/mol. The van der Waals surface area contributed by atoms with Crippen molar-refractivity contribution in [2.45, 2.75) is 24.7 Å². The molecule has 2 saturated heterocycles. The first kappa shape index (κ1) is 17.9. The Morgan fingerprint density at radius 1 is 1.18 bits per heavy atom. The molecule has 9 heteroatoms. The largest absolute Gasteiger partial charge is 0.497 e. The number of aromatic nitrogens is 3. The molecule has 0 bridgehead atoms. The first-order chi connectivity index (χ1) is 13.7. The summed E-state index contributed by atoms with van der Waals surface area (Å²) < 4.78 is 18.5. The second kappa shape index (κ2) is 7.00. The van der Waals surface area contributed by atoms with Gasteiger partial charge in [0.2, 0.25) is 10.8 Å². The van der Waals surface area contributed by atoms with E-state index in [4.69, 9.17) is 14.2 Å². The lowest BCUT2D eigenvalue weighted by Crippen LogP contribution is -2.46. The summed E-state index contributed by atoms with van der Waals surface area (Å²) in [5.74, 6) is 0.515. The van der Waals surface area contributed by atoms with Crippen LogP contribution < -0.4 is 4.74 Å². The highest BCUT2D eigenvalue weighted by Gasteiger charge is 2.42. The van der Waals surface area contributed by atoms with E-state index in [1.807, 2.05) is 24.3 Å². The second-order valence-electron chi connectivity index (χ2n) is 7.06. The predicted octanol–water partition coefficient (Wildman–Crippen LogP) is 2.43. The number of likely N-dealkylation sites (tertiary alicyclic amines) is 1. The molecule has 5 rings (SSSR count). The molecule has 2 aromatic heterocycles. The van der Waals surface area contributed by atoms with E-state index < -0.39 is 5.79 Å². The molecule has 0 saturated carbocycles. The number of fused-ring (bicyclic) bond motifs is 1. The Labute approximate surface area is 166 Å². The molecule has 0 amide bonds. The summed E-state index contributed by atoms with van der Waals surface area (Å²) in [4.78, 5) is 8.12. The highest BCUT2D eigenvalue weighted by Crippen LogP contribution is 2.42. The number of aromatic hydroxyl groups is 1. The van der Waals surface area contributed by atoms with E-state index in [-0.39, 0.29) is 11.9 Å². The van der Waals surface area contributed by atoms with Gasteiger partial charge in [-0.2, -0.15) is 9.61 Å². The van der Waals surface area contributed by atoms with Gasteiger partial charge in [0.15, 0.2) is 5.79 Å². The van der Waals surface area contributed by atoms with Crippen LogP contribution in [0, 0.1) is 0 Å². The molecular weight excluding hydrogens is 380 g/mol. The Kier molecular flexibility index (Phi) is 4.47. The van der Waals surface area contributed by atoms with Gasteiger partial charge in [-0.25, -0.2) is 4.98 Å². The van der Waals surface area contributed by atoms with E-state index >= 15 is 0 Å². The van der Waals surface area contributed by atoms with Gasteiger partial charge < -0.3 is 19.3 Å². The maximum atomic E-state index is 10.8.